The molecule has 0 radical (unpaired) electrons. The van der Waals surface area contributed by atoms with Gasteiger partial charge in [0.1, 0.15) is 12.3 Å². The molecule has 0 bridgehead atoms. The molecule has 0 aliphatic heterocycles. The van der Waals surface area contributed by atoms with Gasteiger partial charge >= 0.3 is 0 Å². The first kappa shape index (κ1) is 15.9. The maximum atomic E-state index is 11.9. The van der Waals surface area contributed by atoms with E-state index in [1.807, 2.05) is 36.4 Å². The van der Waals surface area contributed by atoms with Gasteiger partial charge in [-0.2, -0.15) is 0 Å². The van der Waals surface area contributed by atoms with E-state index in [-0.39, 0.29) is 16.9 Å². The molecule has 7 heteroatoms. The summed E-state index contributed by atoms with van der Waals surface area (Å²) in [6.07, 6.45) is 0. The molecular formula is C17H15N3O3S. The molecule has 0 aliphatic carbocycles. The third-order valence-corrected chi connectivity index (χ3v) is 4.01. The van der Waals surface area contributed by atoms with Crippen LogP contribution < -0.4 is 16.0 Å². The molecule has 1 heterocycles. The van der Waals surface area contributed by atoms with Crippen molar-refractivity contribution in [2.75, 3.05) is 7.11 Å². The van der Waals surface area contributed by atoms with Gasteiger partial charge in [0.25, 0.3) is 5.56 Å². The number of H-pyrrole nitrogens is 1. The van der Waals surface area contributed by atoms with Gasteiger partial charge in [-0.15, -0.1) is 0 Å². The van der Waals surface area contributed by atoms with E-state index in [1.54, 1.807) is 7.11 Å². The van der Waals surface area contributed by atoms with Crippen molar-refractivity contribution in [1.82, 2.24) is 9.55 Å². The summed E-state index contributed by atoms with van der Waals surface area (Å²) in [5.74, 6) is 0.0195. The fraction of sp³-hybridized carbons (Fsp3) is 0.118. The number of carbonyl (C=O) groups excluding carboxylic acids is 1. The number of rotatable bonds is 4. The van der Waals surface area contributed by atoms with Crippen LogP contribution in [0.5, 0.6) is 5.75 Å². The number of ether oxygens (including phenoxy) is 1. The Labute approximate surface area is 142 Å². The number of nitrogens with one attached hydrogen (secondary N) is 1. The van der Waals surface area contributed by atoms with Crippen molar-refractivity contribution >= 4 is 28.9 Å². The van der Waals surface area contributed by atoms with Gasteiger partial charge in [-0.25, -0.2) is 0 Å². The Morgan fingerprint density at radius 2 is 1.92 bits per heavy atom. The molecule has 3 rings (SSSR count). The molecule has 1 aromatic heterocycles. The second-order valence-corrected chi connectivity index (χ2v) is 5.66. The number of nitrogens with two attached hydrogens (primary N) is 1. The van der Waals surface area contributed by atoms with Crippen LogP contribution in [0.4, 0.5) is 0 Å². The highest BCUT2D eigenvalue weighted by molar-refractivity contribution is 7.71. The van der Waals surface area contributed by atoms with Gasteiger partial charge in [0, 0.05) is 11.6 Å². The Bertz CT molecular complexity index is 1050. The molecule has 0 saturated heterocycles. The molecule has 24 heavy (non-hydrogen) atoms. The normalized spacial score (nSPS) is 10.7. The van der Waals surface area contributed by atoms with Gasteiger partial charge in [0.15, 0.2) is 4.77 Å². The zero-order valence-corrected chi connectivity index (χ0v) is 13.7. The summed E-state index contributed by atoms with van der Waals surface area (Å²) in [6, 6.07) is 12.9. The SMILES string of the molecule is COc1cc2ccccc2cc1-c1cc(=O)[nH]c(=S)n1CC(N)=O. The van der Waals surface area contributed by atoms with Crippen LogP contribution in [-0.2, 0) is 11.3 Å². The third-order valence-electron chi connectivity index (χ3n) is 3.69. The van der Waals surface area contributed by atoms with E-state index in [0.29, 0.717) is 17.0 Å². The number of carbonyl (C=O) groups is 1. The molecule has 1 amide bonds. The largest absolute Gasteiger partial charge is 0.496 e. The molecular weight excluding hydrogens is 326 g/mol. The minimum atomic E-state index is -0.556. The number of fused-ring (bicyclic) bond motifs is 1. The van der Waals surface area contributed by atoms with Gasteiger partial charge in [-0.1, -0.05) is 24.3 Å². The summed E-state index contributed by atoms with van der Waals surface area (Å²) in [5.41, 5.74) is 6.09. The Kier molecular flexibility index (Phi) is 4.18. The van der Waals surface area contributed by atoms with Crippen LogP contribution in [0.25, 0.3) is 22.0 Å². The van der Waals surface area contributed by atoms with Crippen molar-refractivity contribution in [3.05, 3.63) is 57.6 Å². The summed E-state index contributed by atoms with van der Waals surface area (Å²) in [7, 11) is 1.55. The summed E-state index contributed by atoms with van der Waals surface area (Å²) in [5, 5.41) is 1.98. The second kappa shape index (κ2) is 6.29. The predicted molar refractivity (Wildman–Crippen MR) is 94.6 cm³/mol. The molecule has 122 valence electrons. The van der Waals surface area contributed by atoms with Crippen LogP contribution in [0.3, 0.4) is 0 Å². The van der Waals surface area contributed by atoms with Crippen molar-refractivity contribution in [2.24, 2.45) is 5.73 Å². The molecule has 0 unspecified atom stereocenters. The number of hydrogen-bond acceptors (Lipinski definition) is 4. The highest BCUT2D eigenvalue weighted by atomic mass is 32.1. The van der Waals surface area contributed by atoms with Gasteiger partial charge in [0.05, 0.1) is 12.8 Å². The van der Waals surface area contributed by atoms with E-state index in [2.05, 4.69) is 4.98 Å². The first-order valence-electron chi connectivity index (χ1n) is 7.19. The number of amides is 1. The number of primary amides is 1. The average molecular weight is 341 g/mol. The van der Waals surface area contributed by atoms with Crippen molar-refractivity contribution in [1.29, 1.82) is 0 Å². The fourth-order valence-corrected chi connectivity index (χ4v) is 2.91. The Morgan fingerprint density at radius 3 is 2.54 bits per heavy atom. The maximum Gasteiger partial charge on any atom is 0.252 e. The fourth-order valence-electron chi connectivity index (χ4n) is 2.64. The zero-order valence-electron chi connectivity index (χ0n) is 12.9. The van der Waals surface area contributed by atoms with E-state index in [0.717, 1.165) is 10.8 Å². The minimum absolute atomic E-state index is 0.131. The highest BCUT2D eigenvalue weighted by Gasteiger charge is 2.14. The van der Waals surface area contributed by atoms with Crippen LogP contribution in [0, 0.1) is 4.77 Å². The summed E-state index contributed by atoms with van der Waals surface area (Å²) >= 11 is 5.18. The van der Waals surface area contributed by atoms with E-state index in [4.69, 9.17) is 22.7 Å². The van der Waals surface area contributed by atoms with Gasteiger partial charge in [-0.05, 0) is 35.1 Å². The number of benzene rings is 2. The molecule has 0 fully saturated rings. The number of nitrogens with zero attached hydrogens (tertiary/aromatic N) is 1. The molecule has 0 spiro atoms. The number of aromatic nitrogens is 2. The zero-order chi connectivity index (χ0) is 17.3. The summed E-state index contributed by atoms with van der Waals surface area (Å²) < 4.78 is 7.09. The lowest BCUT2D eigenvalue weighted by atomic mass is 10.0. The highest BCUT2D eigenvalue weighted by Crippen LogP contribution is 2.33. The molecule has 2 aromatic carbocycles. The lowest BCUT2D eigenvalue weighted by Gasteiger charge is -2.15. The van der Waals surface area contributed by atoms with E-state index < -0.39 is 5.91 Å². The quantitative estimate of drug-likeness (QED) is 0.712. The topological polar surface area (TPSA) is 90.1 Å². The molecule has 0 atom stereocenters. The van der Waals surface area contributed by atoms with Crippen molar-refractivity contribution < 1.29 is 9.53 Å². The predicted octanol–water partition coefficient (Wildman–Crippen LogP) is 2.22. The van der Waals surface area contributed by atoms with Crippen LogP contribution in [0.1, 0.15) is 0 Å². The number of methoxy groups -OCH3 is 1. The summed E-state index contributed by atoms with van der Waals surface area (Å²) in [4.78, 5) is 25.8. The maximum absolute atomic E-state index is 11.9. The van der Waals surface area contributed by atoms with Crippen molar-refractivity contribution in [3.63, 3.8) is 0 Å². The molecule has 0 aliphatic rings. The first-order valence-corrected chi connectivity index (χ1v) is 7.60. The van der Waals surface area contributed by atoms with Crippen LogP contribution in [0.2, 0.25) is 0 Å². The van der Waals surface area contributed by atoms with Crippen molar-refractivity contribution in [3.8, 4) is 17.0 Å². The Morgan fingerprint density at radius 1 is 1.25 bits per heavy atom. The number of aromatic amines is 1. The summed E-state index contributed by atoms with van der Waals surface area (Å²) in [6.45, 7) is -0.138. The molecule has 3 N–H and O–H groups in total. The first-order chi connectivity index (χ1) is 11.5. The lowest BCUT2D eigenvalue weighted by molar-refractivity contribution is -0.118. The monoisotopic (exact) mass is 341 g/mol. The van der Waals surface area contributed by atoms with Gasteiger partial charge in [0.2, 0.25) is 5.91 Å². The number of hydrogen-bond donors (Lipinski definition) is 2. The second-order valence-electron chi connectivity index (χ2n) is 5.28. The Hall–Kier alpha value is -2.93. The minimum Gasteiger partial charge on any atom is -0.496 e. The molecule has 0 saturated carbocycles. The van der Waals surface area contributed by atoms with Crippen LogP contribution >= 0.6 is 12.2 Å². The van der Waals surface area contributed by atoms with Crippen LogP contribution in [0.15, 0.2) is 47.3 Å². The van der Waals surface area contributed by atoms with Gasteiger partial charge in [-0.3, -0.25) is 14.6 Å². The molecule has 3 aromatic rings. The smallest absolute Gasteiger partial charge is 0.252 e. The third kappa shape index (κ3) is 2.93. The van der Waals surface area contributed by atoms with Crippen LogP contribution in [-0.4, -0.2) is 22.6 Å². The van der Waals surface area contributed by atoms with Crippen molar-refractivity contribution in [2.45, 2.75) is 6.54 Å². The molecule has 6 nitrogen and oxygen atoms in total. The standard InChI is InChI=1S/C17H15N3O3S/c1-23-14-7-11-5-3-2-4-10(11)6-12(14)13-8-16(22)19-17(24)20(13)9-15(18)21/h2-8H,9H2,1H3,(H2,18,21)(H,19,22,24). The average Bonchev–Trinajstić information content (AvgIpc) is 2.55. The van der Waals surface area contributed by atoms with Gasteiger partial charge < -0.3 is 15.0 Å². The Balaban J connectivity index is 2.36. The van der Waals surface area contributed by atoms with E-state index in [9.17, 15) is 9.59 Å². The lowest BCUT2D eigenvalue weighted by Crippen LogP contribution is -2.23. The van der Waals surface area contributed by atoms with E-state index >= 15 is 0 Å². The van der Waals surface area contributed by atoms with E-state index in [1.165, 1.54) is 10.6 Å².